The summed E-state index contributed by atoms with van der Waals surface area (Å²) in [6, 6.07) is -0.609. The number of nitrogens with zero attached hydrogens (tertiary/aromatic N) is 1. The normalized spacial score (nSPS) is 29.0. The third-order valence-electron chi connectivity index (χ3n) is 2.36. The van der Waals surface area contributed by atoms with Gasteiger partial charge in [-0.25, -0.2) is 4.79 Å². The Hall–Kier alpha value is -1.06. The van der Waals surface area contributed by atoms with Gasteiger partial charge in [0.25, 0.3) is 0 Å². The van der Waals surface area contributed by atoms with Crippen LogP contribution >= 0.6 is 0 Å². The predicted octanol–water partition coefficient (Wildman–Crippen LogP) is 0.328. The van der Waals surface area contributed by atoms with E-state index in [1.54, 1.807) is 0 Å². The Bertz CT molecular complexity index is 214. The summed E-state index contributed by atoms with van der Waals surface area (Å²) in [4.78, 5) is 23.1. The molecule has 12 heavy (non-hydrogen) atoms. The number of carbonyl (C=O) groups excluding carboxylic acids is 1. The number of rotatable bonds is 1. The summed E-state index contributed by atoms with van der Waals surface area (Å²) in [5.41, 5.74) is 0. The van der Waals surface area contributed by atoms with E-state index in [2.05, 4.69) is 0 Å². The van der Waals surface area contributed by atoms with Gasteiger partial charge in [0.2, 0.25) is 5.91 Å². The molecule has 1 saturated heterocycles. The third-order valence-corrected chi connectivity index (χ3v) is 2.36. The molecule has 0 aromatic carbocycles. The Labute approximate surface area is 71.2 Å². The Kier molecular flexibility index (Phi) is 2.35. The zero-order valence-corrected chi connectivity index (χ0v) is 7.28. The van der Waals surface area contributed by atoms with Gasteiger partial charge in [-0.2, -0.15) is 0 Å². The molecule has 4 heteroatoms. The first-order valence-corrected chi connectivity index (χ1v) is 4.04. The first-order valence-electron chi connectivity index (χ1n) is 4.04. The minimum atomic E-state index is -0.893. The summed E-state index contributed by atoms with van der Waals surface area (Å²) in [6.45, 7) is 3.85. The maximum atomic E-state index is 11.0. The van der Waals surface area contributed by atoms with Gasteiger partial charge in [-0.15, -0.1) is 0 Å². The van der Waals surface area contributed by atoms with E-state index in [9.17, 15) is 9.59 Å². The molecule has 1 heterocycles. The van der Waals surface area contributed by atoms with Crippen molar-refractivity contribution in [2.45, 2.75) is 26.3 Å². The molecule has 0 spiro atoms. The van der Waals surface area contributed by atoms with Gasteiger partial charge in [-0.1, -0.05) is 6.92 Å². The van der Waals surface area contributed by atoms with Gasteiger partial charge in [0.1, 0.15) is 6.04 Å². The van der Waals surface area contributed by atoms with E-state index in [-0.39, 0.29) is 11.8 Å². The fourth-order valence-corrected chi connectivity index (χ4v) is 1.68. The Balaban J connectivity index is 2.77. The van der Waals surface area contributed by atoms with Crippen LogP contribution in [-0.4, -0.2) is 34.5 Å². The number of amides is 1. The first kappa shape index (κ1) is 9.03. The molecule has 0 bridgehead atoms. The molecule has 0 aromatic rings. The van der Waals surface area contributed by atoms with Crippen molar-refractivity contribution in [1.82, 2.24) is 4.90 Å². The molecule has 0 aliphatic carbocycles. The molecule has 1 N–H and O–H groups in total. The number of carbonyl (C=O) groups is 2. The van der Waals surface area contributed by atoms with Gasteiger partial charge in [0, 0.05) is 13.5 Å². The highest BCUT2D eigenvalue weighted by Gasteiger charge is 2.37. The largest absolute Gasteiger partial charge is 0.480 e. The van der Waals surface area contributed by atoms with Crippen LogP contribution in [0, 0.1) is 5.92 Å². The molecule has 1 amide bonds. The van der Waals surface area contributed by atoms with Crippen molar-refractivity contribution in [2.24, 2.45) is 5.92 Å². The number of aliphatic carboxylic acids is 1. The molecule has 1 aliphatic heterocycles. The van der Waals surface area contributed by atoms with E-state index in [1.165, 1.54) is 11.8 Å². The van der Waals surface area contributed by atoms with E-state index in [0.717, 1.165) is 6.42 Å². The smallest absolute Gasteiger partial charge is 0.326 e. The Morgan fingerprint density at radius 1 is 1.50 bits per heavy atom. The van der Waals surface area contributed by atoms with Crippen LogP contribution in [0.3, 0.4) is 0 Å². The van der Waals surface area contributed by atoms with Crippen LogP contribution in [0.5, 0.6) is 0 Å². The van der Waals surface area contributed by atoms with Crippen molar-refractivity contribution < 1.29 is 14.7 Å². The second-order valence-corrected chi connectivity index (χ2v) is 3.26. The molecule has 1 fully saturated rings. The maximum absolute atomic E-state index is 11.0. The highest BCUT2D eigenvalue weighted by molar-refractivity contribution is 5.83. The second kappa shape index (κ2) is 3.13. The standard InChI is InChI=1S/C8H13NO3/c1-5-3-4-9(6(2)10)7(5)8(11)12/h5,7H,3-4H2,1-2H3,(H,11,12)/t5-,7-/m1/s1. The highest BCUT2D eigenvalue weighted by atomic mass is 16.4. The fraction of sp³-hybridized carbons (Fsp3) is 0.750. The van der Waals surface area contributed by atoms with Crippen LogP contribution in [0.4, 0.5) is 0 Å². The number of carboxylic acid groups (broad SMARTS) is 1. The zero-order chi connectivity index (χ0) is 9.30. The van der Waals surface area contributed by atoms with E-state index in [4.69, 9.17) is 5.11 Å². The van der Waals surface area contributed by atoms with Crippen LogP contribution in [0.2, 0.25) is 0 Å². The van der Waals surface area contributed by atoms with Gasteiger partial charge < -0.3 is 10.0 Å². The summed E-state index contributed by atoms with van der Waals surface area (Å²) in [7, 11) is 0. The van der Waals surface area contributed by atoms with Crippen molar-refractivity contribution in [3.8, 4) is 0 Å². The summed E-state index contributed by atoms with van der Waals surface area (Å²) in [5, 5.41) is 8.81. The number of carboxylic acids is 1. The SMILES string of the molecule is CC(=O)N1CC[C@@H](C)[C@@H]1C(=O)O. The number of likely N-dealkylation sites (tertiary alicyclic amines) is 1. The fourth-order valence-electron chi connectivity index (χ4n) is 1.68. The van der Waals surface area contributed by atoms with Crippen molar-refractivity contribution in [3.05, 3.63) is 0 Å². The van der Waals surface area contributed by atoms with Gasteiger partial charge in [-0.3, -0.25) is 4.79 Å². The topological polar surface area (TPSA) is 57.6 Å². The molecular weight excluding hydrogens is 158 g/mol. The monoisotopic (exact) mass is 171 g/mol. The van der Waals surface area contributed by atoms with Gasteiger partial charge in [0.15, 0.2) is 0 Å². The first-order chi connectivity index (χ1) is 5.54. The van der Waals surface area contributed by atoms with Gasteiger partial charge in [-0.05, 0) is 12.3 Å². The lowest BCUT2D eigenvalue weighted by Crippen LogP contribution is -2.41. The Morgan fingerprint density at radius 3 is 2.42 bits per heavy atom. The summed E-state index contributed by atoms with van der Waals surface area (Å²) in [6.07, 6.45) is 0.788. The minimum Gasteiger partial charge on any atom is -0.480 e. The predicted molar refractivity (Wildman–Crippen MR) is 42.6 cm³/mol. The molecule has 0 saturated carbocycles. The molecule has 1 rings (SSSR count). The van der Waals surface area contributed by atoms with Crippen molar-refractivity contribution >= 4 is 11.9 Å². The van der Waals surface area contributed by atoms with Crippen molar-refractivity contribution in [3.63, 3.8) is 0 Å². The number of hydrogen-bond donors (Lipinski definition) is 1. The van der Waals surface area contributed by atoms with Crippen LogP contribution in [0.1, 0.15) is 20.3 Å². The molecule has 0 unspecified atom stereocenters. The maximum Gasteiger partial charge on any atom is 0.326 e. The summed E-state index contributed by atoms with van der Waals surface area (Å²) >= 11 is 0. The van der Waals surface area contributed by atoms with E-state index >= 15 is 0 Å². The number of hydrogen-bond acceptors (Lipinski definition) is 2. The van der Waals surface area contributed by atoms with E-state index in [0.29, 0.717) is 6.54 Å². The lowest BCUT2D eigenvalue weighted by molar-refractivity contribution is -0.148. The lowest BCUT2D eigenvalue weighted by atomic mass is 10.0. The van der Waals surface area contributed by atoms with E-state index in [1.807, 2.05) is 6.92 Å². The average Bonchev–Trinajstić information content (AvgIpc) is 2.30. The van der Waals surface area contributed by atoms with Crippen LogP contribution in [-0.2, 0) is 9.59 Å². The quantitative estimate of drug-likeness (QED) is 0.618. The Morgan fingerprint density at radius 2 is 2.08 bits per heavy atom. The van der Waals surface area contributed by atoms with Gasteiger partial charge in [0.05, 0.1) is 0 Å². The molecule has 2 atom stereocenters. The van der Waals surface area contributed by atoms with E-state index < -0.39 is 12.0 Å². The molecular formula is C8H13NO3. The average molecular weight is 171 g/mol. The van der Waals surface area contributed by atoms with Gasteiger partial charge >= 0.3 is 5.97 Å². The third kappa shape index (κ3) is 1.42. The summed E-state index contributed by atoms with van der Waals surface area (Å²) in [5.74, 6) is -0.964. The van der Waals surface area contributed by atoms with Crippen LogP contribution in [0.15, 0.2) is 0 Å². The molecule has 4 nitrogen and oxygen atoms in total. The highest BCUT2D eigenvalue weighted by Crippen LogP contribution is 2.23. The second-order valence-electron chi connectivity index (χ2n) is 3.26. The zero-order valence-electron chi connectivity index (χ0n) is 7.28. The molecule has 68 valence electrons. The molecule has 0 radical (unpaired) electrons. The van der Waals surface area contributed by atoms with Crippen molar-refractivity contribution in [1.29, 1.82) is 0 Å². The minimum absolute atomic E-state index is 0.0754. The summed E-state index contributed by atoms with van der Waals surface area (Å²) < 4.78 is 0. The van der Waals surface area contributed by atoms with Crippen LogP contribution in [0.25, 0.3) is 0 Å². The van der Waals surface area contributed by atoms with Crippen molar-refractivity contribution in [2.75, 3.05) is 6.54 Å². The lowest BCUT2D eigenvalue weighted by Gasteiger charge is -2.21. The molecule has 1 aliphatic rings. The molecule has 0 aromatic heterocycles. The van der Waals surface area contributed by atoms with Crippen LogP contribution < -0.4 is 0 Å².